The Morgan fingerprint density at radius 3 is 2.58 bits per heavy atom. The van der Waals surface area contributed by atoms with E-state index in [0.29, 0.717) is 6.54 Å². The molecule has 0 amide bonds. The molecule has 0 saturated heterocycles. The quantitative estimate of drug-likeness (QED) is 0.845. The smallest absolute Gasteiger partial charge is 0.378 e. The maximum absolute atomic E-state index is 12.3. The van der Waals surface area contributed by atoms with Crippen LogP contribution >= 0.6 is 0 Å². The lowest BCUT2D eigenvalue weighted by Crippen LogP contribution is -2.05. The number of rotatable bonds is 5. The van der Waals surface area contributed by atoms with Gasteiger partial charge < -0.3 is 14.1 Å². The summed E-state index contributed by atoms with van der Waals surface area (Å²) in [6, 6.07) is 5.89. The lowest BCUT2D eigenvalue weighted by atomic mass is 10.3. The average Bonchev–Trinajstić information content (AvgIpc) is 2.72. The van der Waals surface area contributed by atoms with Crippen LogP contribution in [-0.4, -0.2) is 18.0 Å². The second-order valence-corrected chi connectivity index (χ2v) is 4.76. The fourth-order valence-electron chi connectivity index (χ4n) is 1.49. The van der Waals surface area contributed by atoms with Crippen LogP contribution in [0.5, 0.6) is 5.75 Å². The van der Waals surface area contributed by atoms with E-state index >= 15 is 0 Å². The summed E-state index contributed by atoms with van der Waals surface area (Å²) in [5, 5.41) is 3.10. The van der Waals surface area contributed by atoms with Crippen molar-refractivity contribution >= 4 is 16.2 Å². The number of hydrogen-bond acceptors (Lipinski definition) is 5. The van der Waals surface area contributed by atoms with E-state index in [-0.39, 0.29) is 5.75 Å². The van der Waals surface area contributed by atoms with Crippen molar-refractivity contribution < 1.29 is 16.5 Å². The van der Waals surface area contributed by atoms with Crippen molar-refractivity contribution in [2.75, 3.05) is 5.32 Å². The number of nitrogens with zero attached hydrogens (tertiary/aromatic N) is 2. The Morgan fingerprint density at radius 1 is 1.37 bits per heavy atom. The van der Waals surface area contributed by atoms with E-state index < -0.39 is 10.5 Å². The third-order valence-corrected chi connectivity index (χ3v) is 2.81. The van der Waals surface area contributed by atoms with E-state index in [2.05, 4.69) is 14.5 Å². The fourth-order valence-corrected chi connectivity index (χ4v) is 1.83. The SMILES string of the molecule is Cn1ccnc1CNc1ccc(OS(=O)(=O)F)cc1. The predicted octanol–water partition coefficient (Wildman–Crippen LogP) is 1.63. The van der Waals surface area contributed by atoms with Crippen LogP contribution in [0.2, 0.25) is 0 Å². The van der Waals surface area contributed by atoms with Crippen molar-refractivity contribution in [2.45, 2.75) is 6.54 Å². The minimum atomic E-state index is -4.98. The molecule has 0 spiro atoms. The van der Waals surface area contributed by atoms with Crippen LogP contribution in [-0.2, 0) is 24.1 Å². The molecule has 0 atom stereocenters. The molecule has 102 valence electrons. The second-order valence-electron chi connectivity index (χ2n) is 3.81. The van der Waals surface area contributed by atoms with Gasteiger partial charge in [0.2, 0.25) is 0 Å². The summed E-state index contributed by atoms with van der Waals surface area (Å²) < 4.78 is 38.8. The Hall–Kier alpha value is -2.09. The zero-order chi connectivity index (χ0) is 13.9. The van der Waals surface area contributed by atoms with Crippen LogP contribution in [0.1, 0.15) is 5.82 Å². The molecular formula is C11H12FN3O3S. The van der Waals surface area contributed by atoms with E-state index in [1.807, 2.05) is 17.8 Å². The summed E-state index contributed by atoms with van der Waals surface area (Å²) in [5.41, 5.74) is 0.742. The molecule has 0 fully saturated rings. The number of imidazole rings is 1. The summed E-state index contributed by atoms with van der Waals surface area (Å²) >= 11 is 0. The molecule has 8 heteroatoms. The lowest BCUT2D eigenvalue weighted by Gasteiger charge is -2.07. The first-order valence-corrected chi connectivity index (χ1v) is 6.69. The zero-order valence-corrected chi connectivity index (χ0v) is 10.9. The highest BCUT2D eigenvalue weighted by Gasteiger charge is 2.09. The number of hydrogen-bond donors (Lipinski definition) is 1. The highest BCUT2D eigenvalue weighted by molar-refractivity contribution is 7.81. The van der Waals surface area contributed by atoms with Crippen molar-refractivity contribution in [1.29, 1.82) is 0 Å². The Bertz CT molecular complexity index is 652. The van der Waals surface area contributed by atoms with E-state index in [9.17, 15) is 12.3 Å². The molecule has 0 unspecified atom stereocenters. The molecule has 0 aliphatic carbocycles. The summed E-state index contributed by atoms with van der Waals surface area (Å²) in [6.45, 7) is 0.519. The van der Waals surface area contributed by atoms with Crippen LogP contribution in [0.15, 0.2) is 36.7 Å². The lowest BCUT2D eigenvalue weighted by molar-refractivity contribution is 0.440. The molecule has 0 radical (unpaired) electrons. The average molecular weight is 285 g/mol. The molecule has 1 heterocycles. The number of halogens is 1. The van der Waals surface area contributed by atoms with Gasteiger partial charge in [-0.3, -0.25) is 0 Å². The first-order chi connectivity index (χ1) is 8.94. The molecule has 2 aromatic rings. The Balaban J connectivity index is 1.97. The van der Waals surface area contributed by atoms with Crippen LogP contribution in [0.3, 0.4) is 0 Å². The fraction of sp³-hybridized carbons (Fsp3) is 0.182. The van der Waals surface area contributed by atoms with Crippen molar-refractivity contribution in [2.24, 2.45) is 7.05 Å². The van der Waals surface area contributed by atoms with Crippen molar-refractivity contribution in [1.82, 2.24) is 9.55 Å². The van der Waals surface area contributed by atoms with Gasteiger partial charge in [0, 0.05) is 25.1 Å². The maximum Gasteiger partial charge on any atom is 0.488 e. The van der Waals surface area contributed by atoms with Gasteiger partial charge in [0.25, 0.3) is 0 Å². The van der Waals surface area contributed by atoms with Crippen molar-refractivity contribution in [3.63, 3.8) is 0 Å². The number of nitrogens with one attached hydrogen (secondary N) is 1. The standard InChI is InChI=1S/C11H12FN3O3S/c1-15-7-6-13-11(15)8-14-9-2-4-10(5-3-9)18-19(12,16)17/h2-7,14H,8H2,1H3. The van der Waals surface area contributed by atoms with Gasteiger partial charge in [0.15, 0.2) is 0 Å². The van der Waals surface area contributed by atoms with Gasteiger partial charge >= 0.3 is 10.5 Å². The molecule has 0 bridgehead atoms. The normalized spacial score (nSPS) is 11.3. The summed E-state index contributed by atoms with van der Waals surface area (Å²) in [6.07, 6.45) is 3.53. The monoisotopic (exact) mass is 285 g/mol. The summed E-state index contributed by atoms with van der Waals surface area (Å²) in [7, 11) is -3.10. The first-order valence-electron chi connectivity index (χ1n) is 5.38. The molecule has 19 heavy (non-hydrogen) atoms. The highest BCUT2D eigenvalue weighted by atomic mass is 32.3. The van der Waals surface area contributed by atoms with Crippen molar-refractivity contribution in [3.05, 3.63) is 42.5 Å². The maximum atomic E-state index is 12.3. The first kappa shape index (κ1) is 13.3. The third-order valence-electron chi connectivity index (χ3n) is 2.42. The van der Waals surface area contributed by atoms with Crippen LogP contribution in [0.4, 0.5) is 9.57 Å². The number of aromatic nitrogens is 2. The molecule has 2 rings (SSSR count). The van der Waals surface area contributed by atoms with Gasteiger partial charge in [0.1, 0.15) is 11.6 Å². The predicted molar refractivity (Wildman–Crippen MR) is 67.6 cm³/mol. The Morgan fingerprint density at radius 2 is 2.05 bits per heavy atom. The van der Waals surface area contributed by atoms with Gasteiger partial charge in [-0.25, -0.2) is 4.98 Å². The summed E-state index contributed by atoms with van der Waals surface area (Å²) in [4.78, 5) is 4.14. The van der Waals surface area contributed by atoms with Crippen LogP contribution in [0, 0.1) is 0 Å². The molecule has 1 N–H and O–H groups in total. The van der Waals surface area contributed by atoms with E-state index in [1.54, 1.807) is 18.3 Å². The van der Waals surface area contributed by atoms with Crippen molar-refractivity contribution in [3.8, 4) is 5.75 Å². The molecule has 0 aliphatic rings. The topological polar surface area (TPSA) is 73.2 Å². The molecular weight excluding hydrogens is 273 g/mol. The molecule has 0 aliphatic heterocycles. The molecule has 1 aromatic heterocycles. The zero-order valence-electron chi connectivity index (χ0n) is 10.1. The largest absolute Gasteiger partial charge is 0.488 e. The minimum absolute atomic E-state index is 0.0787. The number of aryl methyl sites for hydroxylation is 1. The van der Waals surface area contributed by atoms with Crippen LogP contribution in [0.25, 0.3) is 0 Å². The number of anilines is 1. The molecule has 1 aromatic carbocycles. The van der Waals surface area contributed by atoms with Gasteiger partial charge in [-0.1, -0.05) is 3.89 Å². The second kappa shape index (κ2) is 5.27. The van der Waals surface area contributed by atoms with Gasteiger partial charge in [-0.15, -0.1) is 0 Å². The molecule has 6 nitrogen and oxygen atoms in total. The highest BCUT2D eigenvalue weighted by Crippen LogP contribution is 2.18. The Kier molecular flexibility index (Phi) is 3.70. The van der Waals surface area contributed by atoms with E-state index in [0.717, 1.165) is 11.5 Å². The Labute approximate surface area is 110 Å². The van der Waals surface area contributed by atoms with Gasteiger partial charge in [-0.05, 0) is 24.3 Å². The van der Waals surface area contributed by atoms with Gasteiger partial charge in [-0.2, -0.15) is 8.42 Å². The van der Waals surface area contributed by atoms with Crippen LogP contribution < -0.4 is 9.50 Å². The number of benzene rings is 1. The van der Waals surface area contributed by atoms with Gasteiger partial charge in [0.05, 0.1) is 6.54 Å². The molecule has 0 saturated carbocycles. The summed E-state index contributed by atoms with van der Waals surface area (Å²) in [5.74, 6) is 0.775. The van der Waals surface area contributed by atoms with E-state index in [1.165, 1.54) is 12.1 Å². The minimum Gasteiger partial charge on any atom is -0.378 e. The van der Waals surface area contributed by atoms with E-state index in [4.69, 9.17) is 0 Å². The third kappa shape index (κ3) is 3.95.